The lowest BCUT2D eigenvalue weighted by Crippen LogP contribution is -2.21. The number of amides is 1. The number of nitrogens with one attached hydrogen (secondary N) is 1. The maximum Gasteiger partial charge on any atom is 0.261 e. The number of nitrogens with two attached hydrogens (primary N) is 1. The second kappa shape index (κ2) is 6.27. The number of aryl methyl sites for hydroxylation is 2. The quantitative estimate of drug-likeness (QED) is 0.872. The summed E-state index contributed by atoms with van der Waals surface area (Å²) < 4.78 is 22.5. The van der Waals surface area contributed by atoms with Crippen molar-refractivity contribution in [3.8, 4) is 0 Å². The predicted octanol–water partition coefficient (Wildman–Crippen LogP) is 2.26. The number of primary sulfonamides is 1. The molecule has 5 nitrogen and oxygen atoms in total. The van der Waals surface area contributed by atoms with Crippen LogP contribution in [0.15, 0.2) is 22.4 Å². The minimum absolute atomic E-state index is 0.104. The molecule has 0 aliphatic carbocycles. The second-order valence-electron chi connectivity index (χ2n) is 4.49. The van der Waals surface area contributed by atoms with Crippen molar-refractivity contribution in [2.75, 3.05) is 0 Å². The highest BCUT2D eigenvalue weighted by Crippen LogP contribution is 2.23. The zero-order chi connectivity index (χ0) is 15.6. The first-order chi connectivity index (χ1) is 9.81. The Morgan fingerprint density at radius 1 is 1.33 bits per heavy atom. The van der Waals surface area contributed by atoms with Crippen LogP contribution in [0.4, 0.5) is 0 Å². The smallest absolute Gasteiger partial charge is 0.261 e. The highest BCUT2D eigenvalue weighted by atomic mass is 32.2. The van der Waals surface area contributed by atoms with Crippen molar-refractivity contribution >= 4 is 38.6 Å². The van der Waals surface area contributed by atoms with Crippen molar-refractivity contribution in [3.63, 3.8) is 0 Å². The Morgan fingerprint density at radius 3 is 2.57 bits per heavy atom. The molecule has 0 aliphatic rings. The second-order valence-corrected chi connectivity index (χ2v) is 8.71. The molecule has 0 radical (unpaired) electrons. The fraction of sp³-hybridized carbons (Fsp3) is 0.308. The van der Waals surface area contributed by atoms with E-state index < -0.39 is 10.0 Å². The van der Waals surface area contributed by atoms with E-state index in [9.17, 15) is 13.2 Å². The summed E-state index contributed by atoms with van der Waals surface area (Å²) in [6.45, 7) is 4.34. The lowest BCUT2D eigenvalue weighted by atomic mass is 10.2. The Morgan fingerprint density at radius 2 is 2.05 bits per heavy atom. The average molecular weight is 344 g/mol. The van der Waals surface area contributed by atoms with E-state index in [4.69, 9.17) is 5.14 Å². The molecule has 0 saturated heterocycles. The first kappa shape index (κ1) is 16.2. The Balaban J connectivity index is 2.02. The number of carbonyl (C=O) groups is 1. The topological polar surface area (TPSA) is 89.3 Å². The summed E-state index contributed by atoms with van der Waals surface area (Å²) in [7, 11) is -3.67. The molecule has 0 aliphatic heterocycles. The zero-order valence-electron chi connectivity index (χ0n) is 11.7. The van der Waals surface area contributed by atoms with Crippen molar-refractivity contribution in [2.24, 2.45) is 5.14 Å². The van der Waals surface area contributed by atoms with Gasteiger partial charge in [-0.25, -0.2) is 13.6 Å². The van der Waals surface area contributed by atoms with Crippen LogP contribution < -0.4 is 10.5 Å². The Hall–Kier alpha value is -1.22. The molecule has 2 aromatic rings. The van der Waals surface area contributed by atoms with Crippen LogP contribution in [0, 0.1) is 6.92 Å². The summed E-state index contributed by atoms with van der Waals surface area (Å²) in [5.41, 5.74) is 1.18. The molecule has 3 N–H and O–H groups in total. The van der Waals surface area contributed by atoms with Gasteiger partial charge in [-0.2, -0.15) is 0 Å². The van der Waals surface area contributed by atoms with Gasteiger partial charge in [0.2, 0.25) is 10.0 Å². The maximum atomic E-state index is 12.1. The highest BCUT2D eigenvalue weighted by Gasteiger charge is 2.14. The Labute approximate surface area is 131 Å². The van der Waals surface area contributed by atoms with E-state index >= 15 is 0 Å². The van der Waals surface area contributed by atoms with Crippen LogP contribution in [0.2, 0.25) is 0 Å². The lowest BCUT2D eigenvalue weighted by molar-refractivity contribution is 0.0955. The van der Waals surface area contributed by atoms with Gasteiger partial charge in [0.25, 0.3) is 5.91 Å². The minimum Gasteiger partial charge on any atom is -0.346 e. The minimum atomic E-state index is -3.67. The third-order valence-corrected chi connectivity index (χ3v) is 6.58. The number of sulfonamides is 1. The highest BCUT2D eigenvalue weighted by molar-refractivity contribution is 7.91. The molecule has 2 aromatic heterocycles. The molecule has 114 valence electrons. The van der Waals surface area contributed by atoms with Crippen LogP contribution in [-0.2, 0) is 23.0 Å². The molecule has 0 saturated carbocycles. The largest absolute Gasteiger partial charge is 0.346 e. The van der Waals surface area contributed by atoms with Crippen molar-refractivity contribution in [3.05, 3.63) is 38.4 Å². The van der Waals surface area contributed by atoms with Crippen LogP contribution >= 0.6 is 22.7 Å². The first-order valence-electron chi connectivity index (χ1n) is 6.30. The van der Waals surface area contributed by atoms with Gasteiger partial charge >= 0.3 is 0 Å². The lowest BCUT2D eigenvalue weighted by Gasteiger charge is -2.00. The van der Waals surface area contributed by atoms with Gasteiger partial charge in [-0.05, 0) is 37.1 Å². The van der Waals surface area contributed by atoms with Gasteiger partial charge in [-0.3, -0.25) is 4.79 Å². The summed E-state index contributed by atoms with van der Waals surface area (Å²) in [6.07, 6.45) is 0.901. The van der Waals surface area contributed by atoms with Gasteiger partial charge in [0.05, 0.1) is 11.4 Å². The normalized spacial score (nSPS) is 11.6. The number of carbonyl (C=O) groups excluding carboxylic acids is 1. The molecule has 0 atom stereocenters. The van der Waals surface area contributed by atoms with E-state index in [2.05, 4.69) is 12.2 Å². The molecule has 2 heterocycles. The van der Waals surface area contributed by atoms with Crippen LogP contribution in [0.3, 0.4) is 0 Å². The number of hydrogen-bond donors (Lipinski definition) is 2. The molecule has 0 bridgehead atoms. The Kier molecular flexibility index (Phi) is 4.82. The molecular weight excluding hydrogens is 328 g/mol. The number of hydrogen-bond acceptors (Lipinski definition) is 5. The number of rotatable bonds is 5. The summed E-state index contributed by atoms with van der Waals surface area (Å²) in [5, 5.41) is 7.84. The molecule has 0 aromatic carbocycles. The fourth-order valence-electron chi connectivity index (χ4n) is 1.84. The van der Waals surface area contributed by atoms with Gasteiger partial charge in [-0.1, -0.05) is 6.92 Å². The van der Waals surface area contributed by atoms with E-state index in [0.717, 1.165) is 27.5 Å². The maximum absolute atomic E-state index is 12.1. The van der Waals surface area contributed by atoms with Gasteiger partial charge < -0.3 is 5.32 Å². The van der Waals surface area contributed by atoms with Crippen LogP contribution in [0.1, 0.15) is 31.9 Å². The molecule has 2 rings (SSSR count). The van der Waals surface area contributed by atoms with Crippen LogP contribution in [0.25, 0.3) is 0 Å². The van der Waals surface area contributed by atoms with E-state index in [1.165, 1.54) is 23.0 Å². The average Bonchev–Trinajstić information content (AvgIpc) is 3.01. The molecule has 8 heteroatoms. The standard InChI is InChI=1S/C13H16N2O3S3/c1-3-9-6-11(19-8(9)2)13(16)15-7-10-4-5-12(20-10)21(14,17)18/h4-6H,3,7H2,1-2H3,(H,15,16)(H2,14,17,18). The van der Waals surface area contributed by atoms with Crippen LogP contribution in [-0.4, -0.2) is 14.3 Å². The first-order valence-corrected chi connectivity index (χ1v) is 9.48. The van der Waals surface area contributed by atoms with Gasteiger partial charge in [-0.15, -0.1) is 22.7 Å². The van der Waals surface area contributed by atoms with Crippen molar-refractivity contribution in [2.45, 2.75) is 31.0 Å². The van der Waals surface area contributed by atoms with Gasteiger partial charge in [0.1, 0.15) is 4.21 Å². The van der Waals surface area contributed by atoms with Crippen molar-refractivity contribution < 1.29 is 13.2 Å². The summed E-state index contributed by atoms with van der Waals surface area (Å²) in [4.78, 5) is 14.6. The SMILES string of the molecule is CCc1cc(C(=O)NCc2ccc(S(N)(=O)=O)s2)sc1C. The molecule has 1 amide bonds. The summed E-state index contributed by atoms with van der Waals surface area (Å²) in [5.74, 6) is -0.145. The molecule has 0 unspecified atom stereocenters. The zero-order valence-corrected chi connectivity index (χ0v) is 14.1. The van der Waals surface area contributed by atoms with E-state index in [1.54, 1.807) is 6.07 Å². The predicted molar refractivity (Wildman–Crippen MR) is 85.3 cm³/mol. The van der Waals surface area contributed by atoms with Crippen molar-refractivity contribution in [1.29, 1.82) is 0 Å². The fourth-order valence-corrected chi connectivity index (χ4v) is 4.59. The molecular formula is C13H16N2O3S3. The van der Waals surface area contributed by atoms with E-state index in [0.29, 0.717) is 4.88 Å². The van der Waals surface area contributed by atoms with Crippen LogP contribution in [0.5, 0.6) is 0 Å². The number of thiophene rings is 2. The third kappa shape index (κ3) is 3.91. The Bertz CT molecular complexity index is 759. The molecule has 0 fully saturated rings. The van der Waals surface area contributed by atoms with E-state index in [1.807, 2.05) is 13.0 Å². The summed E-state index contributed by atoms with van der Waals surface area (Å²) >= 11 is 2.53. The third-order valence-electron chi connectivity index (χ3n) is 2.97. The molecule has 0 spiro atoms. The van der Waals surface area contributed by atoms with Crippen molar-refractivity contribution in [1.82, 2.24) is 5.32 Å². The summed E-state index contributed by atoms with van der Waals surface area (Å²) in [6, 6.07) is 5.01. The molecule has 21 heavy (non-hydrogen) atoms. The van der Waals surface area contributed by atoms with Gasteiger partial charge in [0.15, 0.2) is 0 Å². The van der Waals surface area contributed by atoms with E-state index in [-0.39, 0.29) is 16.7 Å². The monoisotopic (exact) mass is 344 g/mol. The van der Waals surface area contributed by atoms with Gasteiger partial charge in [0, 0.05) is 9.75 Å².